The second-order valence-electron chi connectivity index (χ2n) is 6.93. The van der Waals surface area contributed by atoms with E-state index in [0.717, 1.165) is 6.92 Å². The molecule has 1 aromatic heterocycles. The fraction of sp³-hybridized carbons (Fsp3) is 0.250. The third-order valence-electron chi connectivity index (χ3n) is 4.82. The number of nitrogens with zero attached hydrogens (tertiary/aromatic N) is 1. The van der Waals surface area contributed by atoms with Crippen molar-refractivity contribution in [1.82, 2.24) is 4.57 Å². The molecule has 2 aromatic carbocycles. The minimum absolute atomic E-state index is 0.101. The molecule has 0 saturated heterocycles. The highest BCUT2D eigenvalue weighted by molar-refractivity contribution is 6.36. The maximum absolute atomic E-state index is 13.3. The molecular formula is C24H22ClNO7. The Kier molecular flexibility index (Phi) is 7.18. The van der Waals surface area contributed by atoms with Gasteiger partial charge in [-0.05, 0) is 38.1 Å². The largest absolute Gasteiger partial charge is 0.462 e. The summed E-state index contributed by atoms with van der Waals surface area (Å²) in [6.07, 6.45) is 1.25. The molecular weight excluding hydrogens is 450 g/mol. The first-order valence-electron chi connectivity index (χ1n) is 10.2. The standard InChI is InChI=1S/C24H22ClNO7/c1-4-31-22(29)24(33-15(3)27,23(30)32-5-2)17-14-26(19-13-9-12-18(25)20(17)19)21(28)16-10-7-6-8-11-16/h6-14H,4-5H2,1-3H3. The Bertz CT molecular complexity index is 1200. The number of aromatic nitrogens is 1. The van der Waals surface area contributed by atoms with Crippen LogP contribution in [-0.2, 0) is 34.2 Å². The van der Waals surface area contributed by atoms with Crippen LogP contribution < -0.4 is 0 Å². The molecule has 0 radical (unpaired) electrons. The van der Waals surface area contributed by atoms with Gasteiger partial charge in [0.15, 0.2) is 0 Å². The van der Waals surface area contributed by atoms with Gasteiger partial charge in [0.25, 0.3) is 5.91 Å². The number of esters is 3. The number of halogens is 1. The normalized spacial score (nSPS) is 11.2. The minimum atomic E-state index is -2.62. The zero-order chi connectivity index (χ0) is 24.2. The number of rotatable bonds is 7. The van der Waals surface area contributed by atoms with Gasteiger partial charge in [-0.2, -0.15) is 0 Å². The summed E-state index contributed by atoms with van der Waals surface area (Å²) in [7, 11) is 0. The molecule has 8 nitrogen and oxygen atoms in total. The third-order valence-corrected chi connectivity index (χ3v) is 5.14. The average Bonchev–Trinajstić information content (AvgIpc) is 3.19. The lowest BCUT2D eigenvalue weighted by Gasteiger charge is -2.28. The lowest BCUT2D eigenvalue weighted by atomic mass is 9.92. The number of carbonyl (C=O) groups is 4. The number of carbonyl (C=O) groups excluding carboxylic acids is 4. The van der Waals surface area contributed by atoms with Crippen LogP contribution in [0.15, 0.2) is 54.7 Å². The molecule has 0 aliphatic heterocycles. The van der Waals surface area contributed by atoms with Crippen molar-refractivity contribution in [3.05, 3.63) is 70.9 Å². The smallest absolute Gasteiger partial charge is 0.367 e. The summed E-state index contributed by atoms with van der Waals surface area (Å²) in [4.78, 5) is 51.8. The molecule has 9 heteroatoms. The topological polar surface area (TPSA) is 101 Å². The zero-order valence-corrected chi connectivity index (χ0v) is 19.0. The molecule has 0 N–H and O–H groups in total. The van der Waals surface area contributed by atoms with Gasteiger partial charge in [-0.25, -0.2) is 9.59 Å². The molecule has 0 unspecified atom stereocenters. The minimum Gasteiger partial charge on any atom is -0.462 e. The Balaban J connectivity index is 2.40. The van der Waals surface area contributed by atoms with E-state index in [1.54, 1.807) is 42.5 Å². The van der Waals surface area contributed by atoms with Gasteiger partial charge in [-0.3, -0.25) is 14.2 Å². The summed E-state index contributed by atoms with van der Waals surface area (Å²) in [6.45, 7) is 3.92. The Morgan fingerprint density at radius 3 is 2.06 bits per heavy atom. The molecule has 0 amide bonds. The van der Waals surface area contributed by atoms with Crippen molar-refractivity contribution in [3.8, 4) is 0 Å². The van der Waals surface area contributed by atoms with E-state index < -0.39 is 29.4 Å². The molecule has 33 heavy (non-hydrogen) atoms. The number of hydrogen-bond acceptors (Lipinski definition) is 7. The van der Waals surface area contributed by atoms with E-state index in [1.165, 1.54) is 30.7 Å². The van der Waals surface area contributed by atoms with Crippen LogP contribution in [0.2, 0.25) is 5.02 Å². The van der Waals surface area contributed by atoms with Crippen LogP contribution in [0.4, 0.5) is 0 Å². The van der Waals surface area contributed by atoms with Crippen LogP contribution in [0.1, 0.15) is 36.7 Å². The predicted molar refractivity (Wildman–Crippen MR) is 120 cm³/mol. The van der Waals surface area contributed by atoms with Gasteiger partial charge < -0.3 is 14.2 Å². The number of hydrogen-bond donors (Lipinski definition) is 0. The highest BCUT2D eigenvalue weighted by Crippen LogP contribution is 2.40. The molecule has 1 heterocycles. The SMILES string of the molecule is CCOC(=O)C(OC(C)=O)(C(=O)OCC)c1cn(C(=O)c2ccccc2)c2cccc(Cl)c12. The zero-order valence-electron chi connectivity index (χ0n) is 18.3. The van der Waals surface area contributed by atoms with Gasteiger partial charge in [0.2, 0.25) is 0 Å². The van der Waals surface area contributed by atoms with Crippen molar-refractivity contribution in [2.75, 3.05) is 13.2 Å². The van der Waals surface area contributed by atoms with Gasteiger partial charge in [-0.1, -0.05) is 35.9 Å². The van der Waals surface area contributed by atoms with E-state index in [2.05, 4.69) is 0 Å². The van der Waals surface area contributed by atoms with E-state index in [1.807, 2.05) is 0 Å². The maximum Gasteiger partial charge on any atom is 0.367 e. The van der Waals surface area contributed by atoms with Gasteiger partial charge in [0.1, 0.15) is 0 Å². The van der Waals surface area contributed by atoms with Crippen molar-refractivity contribution in [2.24, 2.45) is 0 Å². The Morgan fingerprint density at radius 1 is 0.909 bits per heavy atom. The summed E-state index contributed by atoms with van der Waals surface area (Å²) >= 11 is 6.46. The molecule has 172 valence electrons. The first-order chi connectivity index (χ1) is 15.8. The highest BCUT2D eigenvalue weighted by Gasteiger charge is 2.56. The molecule has 0 spiro atoms. The van der Waals surface area contributed by atoms with E-state index in [4.69, 9.17) is 25.8 Å². The summed E-state index contributed by atoms with van der Waals surface area (Å²) in [5.74, 6) is -3.70. The molecule has 0 fully saturated rings. The van der Waals surface area contributed by atoms with Crippen molar-refractivity contribution >= 4 is 46.3 Å². The van der Waals surface area contributed by atoms with Crippen LogP contribution in [-0.4, -0.2) is 41.6 Å². The molecule has 0 aliphatic rings. The third kappa shape index (κ3) is 4.34. The highest BCUT2D eigenvalue weighted by atomic mass is 35.5. The first kappa shape index (κ1) is 24.0. The number of ether oxygens (including phenoxy) is 3. The summed E-state index contributed by atoms with van der Waals surface area (Å²) in [6, 6.07) is 13.1. The molecule has 0 saturated carbocycles. The van der Waals surface area contributed by atoms with Crippen LogP contribution in [0, 0.1) is 0 Å². The van der Waals surface area contributed by atoms with Crippen LogP contribution in [0.5, 0.6) is 0 Å². The molecule has 3 aromatic rings. The predicted octanol–water partition coefficient (Wildman–Crippen LogP) is 3.87. The summed E-state index contributed by atoms with van der Waals surface area (Å²) in [5.41, 5.74) is -2.11. The average molecular weight is 472 g/mol. The molecule has 0 bridgehead atoms. The fourth-order valence-corrected chi connectivity index (χ4v) is 3.79. The van der Waals surface area contributed by atoms with E-state index in [0.29, 0.717) is 11.1 Å². The second-order valence-corrected chi connectivity index (χ2v) is 7.34. The maximum atomic E-state index is 13.3. The van der Waals surface area contributed by atoms with Crippen molar-refractivity contribution < 1.29 is 33.4 Å². The summed E-state index contributed by atoms with van der Waals surface area (Å²) < 4.78 is 16.8. The first-order valence-corrected chi connectivity index (χ1v) is 10.6. The summed E-state index contributed by atoms with van der Waals surface area (Å²) in [5, 5.41) is 0.304. The van der Waals surface area contributed by atoms with Gasteiger partial charge >= 0.3 is 23.5 Å². The van der Waals surface area contributed by atoms with Crippen LogP contribution in [0.25, 0.3) is 10.9 Å². The Morgan fingerprint density at radius 2 is 1.52 bits per heavy atom. The quantitative estimate of drug-likeness (QED) is 0.293. The van der Waals surface area contributed by atoms with Crippen molar-refractivity contribution in [1.29, 1.82) is 0 Å². The van der Waals surface area contributed by atoms with E-state index in [-0.39, 0.29) is 29.2 Å². The van der Waals surface area contributed by atoms with E-state index in [9.17, 15) is 19.2 Å². The second kappa shape index (κ2) is 9.87. The van der Waals surface area contributed by atoms with Gasteiger partial charge in [-0.15, -0.1) is 0 Å². The number of fused-ring (bicyclic) bond motifs is 1. The number of benzene rings is 2. The van der Waals surface area contributed by atoms with E-state index >= 15 is 0 Å². The molecule has 3 rings (SSSR count). The Hall–Kier alpha value is -3.65. The van der Waals surface area contributed by atoms with Crippen LogP contribution >= 0.6 is 11.6 Å². The van der Waals surface area contributed by atoms with Crippen molar-refractivity contribution in [3.63, 3.8) is 0 Å². The lowest BCUT2D eigenvalue weighted by Crippen LogP contribution is -2.49. The monoisotopic (exact) mass is 471 g/mol. The molecule has 0 atom stereocenters. The van der Waals surface area contributed by atoms with Gasteiger partial charge in [0, 0.05) is 29.6 Å². The van der Waals surface area contributed by atoms with Crippen LogP contribution in [0.3, 0.4) is 0 Å². The lowest BCUT2D eigenvalue weighted by molar-refractivity contribution is -0.197. The van der Waals surface area contributed by atoms with Gasteiger partial charge in [0.05, 0.1) is 23.8 Å². The fourth-order valence-electron chi connectivity index (χ4n) is 3.52. The van der Waals surface area contributed by atoms with Crippen molar-refractivity contribution in [2.45, 2.75) is 26.4 Å². The molecule has 0 aliphatic carbocycles. The Labute approximate surface area is 195 Å².